The Labute approximate surface area is 193 Å². The summed E-state index contributed by atoms with van der Waals surface area (Å²) in [4.78, 5) is 6.73. The molecule has 2 N–H and O–H groups in total. The Morgan fingerprint density at radius 3 is 2.60 bits per heavy atom. The van der Waals surface area contributed by atoms with Gasteiger partial charge < -0.3 is 19.8 Å². The Balaban J connectivity index is 0.00000320. The summed E-state index contributed by atoms with van der Waals surface area (Å²) in [7, 11) is 0. The lowest BCUT2D eigenvalue weighted by Gasteiger charge is -2.33. The van der Waals surface area contributed by atoms with E-state index in [9.17, 15) is 8.78 Å². The number of aliphatic imine (C=N–C) groups is 1. The molecule has 0 radical (unpaired) electrons. The fourth-order valence-corrected chi connectivity index (χ4v) is 3.30. The van der Waals surface area contributed by atoms with Gasteiger partial charge in [-0.2, -0.15) is 0 Å². The summed E-state index contributed by atoms with van der Waals surface area (Å²) < 4.78 is 38.6. The van der Waals surface area contributed by atoms with Crippen molar-refractivity contribution in [1.82, 2.24) is 15.5 Å². The number of nitrogens with zero attached hydrogens (tertiary/aromatic N) is 2. The molecule has 1 fully saturated rings. The molecule has 1 aliphatic heterocycles. The molecule has 30 heavy (non-hydrogen) atoms. The van der Waals surface area contributed by atoms with Crippen LogP contribution in [-0.2, 0) is 11.3 Å². The van der Waals surface area contributed by atoms with Crippen molar-refractivity contribution in [3.63, 3.8) is 0 Å². The van der Waals surface area contributed by atoms with Crippen LogP contribution in [0.25, 0.3) is 0 Å². The van der Waals surface area contributed by atoms with Crippen LogP contribution in [0.5, 0.6) is 0 Å². The topological polar surface area (TPSA) is 62.0 Å². The molecule has 3 rings (SSSR count). The van der Waals surface area contributed by atoms with Gasteiger partial charge in [0.2, 0.25) is 0 Å². The molecule has 0 spiro atoms. The number of furan rings is 1. The number of aryl methyl sites for hydroxylation is 1. The molecule has 0 amide bonds. The van der Waals surface area contributed by atoms with Crippen LogP contribution in [0.1, 0.15) is 30.0 Å². The highest BCUT2D eigenvalue weighted by molar-refractivity contribution is 14.0. The predicted octanol–water partition coefficient (Wildman–Crippen LogP) is 3.61. The summed E-state index contributed by atoms with van der Waals surface area (Å²) in [6, 6.07) is 7.35. The zero-order valence-corrected chi connectivity index (χ0v) is 19.6. The van der Waals surface area contributed by atoms with E-state index in [0.29, 0.717) is 32.3 Å². The van der Waals surface area contributed by atoms with Crippen molar-refractivity contribution in [3.8, 4) is 0 Å². The number of ether oxygens (including phenoxy) is 1. The number of halogens is 3. The molecular formula is C21H29F2IN4O2. The van der Waals surface area contributed by atoms with Gasteiger partial charge in [-0.05, 0) is 44.2 Å². The SMILES string of the molecule is CCNC(=NCc1cc(F)ccc1F)NCC(c1ccc(C)o1)N1CCOCC1.I. The van der Waals surface area contributed by atoms with E-state index in [1.54, 1.807) is 0 Å². The standard InChI is InChI=1S/C21H28F2N4O2.HI/c1-3-24-21(25-13-16-12-17(22)5-6-18(16)23)26-14-19(20-7-4-15(2)29-20)27-8-10-28-11-9-27;/h4-7,12,19H,3,8-11,13-14H2,1-2H3,(H2,24,25,26);1H. The van der Waals surface area contributed by atoms with Crippen molar-refractivity contribution < 1.29 is 17.9 Å². The smallest absolute Gasteiger partial charge is 0.191 e. The Bertz CT molecular complexity index is 825. The van der Waals surface area contributed by atoms with Crippen LogP contribution in [0, 0.1) is 18.6 Å². The molecular weight excluding hydrogens is 505 g/mol. The lowest BCUT2D eigenvalue weighted by atomic mass is 10.1. The molecule has 2 aromatic rings. The van der Waals surface area contributed by atoms with E-state index >= 15 is 0 Å². The summed E-state index contributed by atoms with van der Waals surface area (Å²) in [6.07, 6.45) is 0. The first-order chi connectivity index (χ1) is 14.1. The van der Waals surface area contributed by atoms with E-state index in [2.05, 4.69) is 20.5 Å². The lowest BCUT2D eigenvalue weighted by Crippen LogP contribution is -2.46. The highest BCUT2D eigenvalue weighted by Gasteiger charge is 2.25. The van der Waals surface area contributed by atoms with E-state index in [4.69, 9.17) is 9.15 Å². The number of morpholine rings is 1. The van der Waals surface area contributed by atoms with Crippen LogP contribution in [0.2, 0.25) is 0 Å². The largest absolute Gasteiger partial charge is 0.465 e. The van der Waals surface area contributed by atoms with E-state index in [1.165, 1.54) is 6.07 Å². The molecule has 9 heteroatoms. The van der Waals surface area contributed by atoms with Gasteiger partial charge in [-0.3, -0.25) is 4.90 Å². The van der Waals surface area contributed by atoms with Gasteiger partial charge in [0, 0.05) is 31.7 Å². The van der Waals surface area contributed by atoms with Crippen LogP contribution in [0.15, 0.2) is 39.7 Å². The fourth-order valence-electron chi connectivity index (χ4n) is 3.30. The quantitative estimate of drug-likeness (QED) is 0.323. The molecule has 1 aromatic heterocycles. The minimum absolute atomic E-state index is 0. The molecule has 1 saturated heterocycles. The first-order valence-electron chi connectivity index (χ1n) is 9.91. The number of benzene rings is 1. The maximum Gasteiger partial charge on any atom is 0.191 e. The first kappa shape index (κ1) is 24.5. The molecule has 0 saturated carbocycles. The third-order valence-corrected chi connectivity index (χ3v) is 4.80. The van der Waals surface area contributed by atoms with Crippen LogP contribution >= 0.6 is 24.0 Å². The molecule has 166 valence electrons. The minimum atomic E-state index is -0.477. The fraction of sp³-hybridized carbons (Fsp3) is 0.476. The van der Waals surface area contributed by atoms with Crippen molar-refractivity contribution >= 4 is 29.9 Å². The van der Waals surface area contributed by atoms with Gasteiger partial charge >= 0.3 is 0 Å². The van der Waals surface area contributed by atoms with Gasteiger partial charge in [0.15, 0.2) is 5.96 Å². The van der Waals surface area contributed by atoms with Gasteiger partial charge in [-0.1, -0.05) is 0 Å². The highest BCUT2D eigenvalue weighted by atomic mass is 127. The maximum absolute atomic E-state index is 13.9. The van der Waals surface area contributed by atoms with Crippen molar-refractivity contribution in [3.05, 3.63) is 59.1 Å². The molecule has 1 atom stereocenters. The van der Waals surface area contributed by atoms with E-state index in [1.807, 2.05) is 26.0 Å². The number of guanidine groups is 1. The highest BCUT2D eigenvalue weighted by Crippen LogP contribution is 2.23. The summed E-state index contributed by atoms with van der Waals surface area (Å²) in [5.74, 6) is 1.33. The number of hydrogen-bond donors (Lipinski definition) is 2. The van der Waals surface area contributed by atoms with Gasteiger partial charge in [-0.15, -0.1) is 24.0 Å². The normalized spacial score (nSPS) is 16.1. The summed E-state index contributed by atoms with van der Waals surface area (Å²) in [5, 5.41) is 6.46. The molecule has 2 heterocycles. The van der Waals surface area contributed by atoms with Crippen LogP contribution < -0.4 is 10.6 Å². The number of rotatable bonds is 7. The lowest BCUT2D eigenvalue weighted by molar-refractivity contribution is 0.0124. The number of hydrogen-bond acceptors (Lipinski definition) is 4. The van der Waals surface area contributed by atoms with E-state index < -0.39 is 11.6 Å². The van der Waals surface area contributed by atoms with Gasteiger partial charge in [0.05, 0.1) is 25.8 Å². The monoisotopic (exact) mass is 534 g/mol. The van der Waals surface area contributed by atoms with Crippen LogP contribution in [-0.4, -0.2) is 50.3 Å². The Hall–Kier alpha value is -1.72. The minimum Gasteiger partial charge on any atom is -0.465 e. The molecule has 0 bridgehead atoms. The summed E-state index contributed by atoms with van der Waals surface area (Å²) >= 11 is 0. The zero-order valence-electron chi connectivity index (χ0n) is 17.3. The molecule has 1 aromatic carbocycles. The van der Waals surface area contributed by atoms with Gasteiger partial charge in [-0.25, -0.2) is 13.8 Å². The summed E-state index contributed by atoms with van der Waals surface area (Å²) in [5.41, 5.74) is 0.216. The predicted molar refractivity (Wildman–Crippen MR) is 123 cm³/mol. The van der Waals surface area contributed by atoms with Crippen molar-refractivity contribution in [2.45, 2.75) is 26.4 Å². The van der Waals surface area contributed by atoms with Crippen LogP contribution in [0.3, 0.4) is 0 Å². The second-order valence-corrected chi connectivity index (χ2v) is 6.92. The second-order valence-electron chi connectivity index (χ2n) is 6.92. The zero-order chi connectivity index (χ0) is 20.6. The van der Waals surface area contributed by atoms with Gasteiger partial charge in [0.1, 0.15) is 23.2 Å². The maximum atomic E-state index is 13.9. The van der Waals surface area contributed by atoms with Crippen LogP contribution in [0.4, 0.5) is 8.78 Å². The van der Waals surface area contributed by atoms with Gasteiger partial charge in [0.25, 0.3) is 0 Å². The molecule has 0 aliphatic carbocycles. The first-order valence-corrected chi connectivity index (χ1v) is 9.91. The van der Waals surface area contributed by atoms with E-state index in [-0.39, 0.29) is 42.1 Å². The third kappa shape index (κ3) is 6.92. The molecule has 6 nitrogen and oxygen atoms in total. The Kier molecular flexibility index (Phi) is 9.99. The molecule has 1 aliphatic rings. The number of nitrogens with one attached hydrogen (secondary N) is 2. The molecule has 1 unspecified atom stereocenters. The van der Waals surface area contributed by atoms with E-state index in [0.717, 1.165) is 36.7 Å². The third-order valence-electron chi connectivity index (χ3n) is 4.80. The van der Waals surface area contributed by atoms with Crippen molar-refractivity contribution in [2.75, 3.05) is 39.4 Å². The van der Waals surface area contributed by atoms with Crippen molar-refractivity contribution in [1.29, 1.82) is 0 Å². The average molecular weight is 534 g/mol. The second kappa shape index (κ2) is 12.2. The Morgan fingerprint density at radius 2 is 1.93 bits per heavy atom. The summed E-state index contributed by atoms with van der Waals surface area (Å²) in [6.45, 7) is 8.13. The van der Waals surface area contributed by atoms with Crippen molar-refractivity contribution in [2.24, 2.45) is 4.99 Å². The Morgan fingerprint density at radius 1 is 1.17 bits per heavy atom. The average Bonchev–Trinajstić information content (AvgIpc) is 3.15.